The predicted molar refractivity (Wildman–Crippen MR) is 86.0 cm³/mol. The minimum atomic E-state index is -0.396. The lowest BCUT2D eigenvalue weighted by Crippen LogP contribution is -2.15. The summed E-state index contributed by atoms with van der Waals surface area (Å²) in [5.41, 5.74) is 4.86. The van der Waals surface area contributed by atoms with Crippen LogP contribution in [0.4, 0.5) is 4.79 Å². The van der Waals surface area contributed by atoms with Crippen molar-refractivity contribution in [2.75, 3.05) is 0 Å². The van der Waals surface area contributed by atoms with Crippen LogP contribution in [0.2, 0.25) is 0 Å². The van der Waals surface area contributed by atoms with Crippen LogP contribution in [-0.2, 0) is 11.3 Å². The van der Waals surface area contributed by atoms with Crippen LogP contribution in [0.1, 0.15) is 22.5 Å². The monoisotopic (exact) mass is 294 g/mol. The number of rotatable bonds is 2. The summed E-state index contributed by atoms with van der Waals surface area (Å²) in [4.78, 5) is 16.9. The van der Waals surface area contributed by atoms with E-state index in [0.717, 1.165) is 27.7 Å². The Morgan fingerprint density at radius 1 is 1.09 bits per heavy atom. The van der Waals surface area contributed by atoms with Crippen LogP contribution < -0.4 is 0 Å². The Labute approximate surface area is 129 Å². The first-order valence-electron chi connectivity index (χ1n) is 7.23. The molecule has 0 radical (unpaired) electrons. The zero-order valence-electron chi connectivity index (χ0n) is 13.0. The van der Waals surface area contributed by atoms with Crippen molar-refractivity contribution in [3.05, 3.63) is 65.0 Å². The van der Waals surface area contributed by atoms with Gasteiger partial charge >= 0.3 is 6.09 Å². The number of ether oxygens (including phenoxy) is 1. The van der Waals surface area contributed by atoms with Gasteiger partial charge < -0.3 is 4.74 Å². The molecule has 1 heterocycles. The smallest absolute Gasteiger partial charge is 0.420 e. The molecule has 0 saturated carbocycles. The number of carbonyl (C=O) groups excluding carboxylic acids is 1. The number of aromatic nitrogens is 2. The Hall–Kier alpha value is -2.62. The maximum absolute atomic E-state index is 12.4. The number of aryl methyl sites for hydroxylation is 3. The number of nitrogens with zero attached hydrogens (tertiary/aromatic N) is 2. The van der Waals surface area contributed by atoms with E-state index in [1.165, 1.54) is 4.57 Å². The first-order valence-corrected chi connectivity index (χ1v) is 7.23. The summed E-state index contributed by atoms with van der Waals surface area (Å²) in [7, 11) is 0. The van der Waals surface area contributed by atoms with Gasteiger partial charge in [-0.05, 0) is 49.6 Å². The first-order chi connectivity index (χ1) is 10.6. The normalized spacial score (nSPS) is 10.9. The fraction of sp³-hybridized carbons (Fsp3) is 0.222. The van der Waals surface area contributed by atoms with E-state index in [1.807, 2.05) is 63.2 Å². The highest BCUT2D eigenvalue weighted by molar-refractivity contribution is 5.88. The number of carbonyl (C=O) groups is 1. The van der Waals surface area contributed by atoms with Gasteiger partial charge in [0.05, 0.1) is 11.0 Å². The molecule has 3 aromatic rings. The zero-order valence-corrected chi connectivity index (χ0v) is 13.0. The zero-order chi connectivity index (χ0) is 15.7. The van der Waals surface area contributed by atoms with Crippen LogP contribution in [0.25, 0.3) is 11.0 Å². The highest BCUT2D eigenvalue weighted by atomic mass is 16.5. The van der Waals surface area contributed by atoms with Crippen molar-refractivity contribution in [2.45, 2.75) is 27.4 Å². The van der Waals surface area contributed by atoms with Crippen molar-refractivity contribution < 1.29 is 9.53 Å². The second-order valence-electron chi connectivity index (χ2n) is 5.46. The summed E-state index contributed by atoms with van der Waals surface area (Å²) in [6, 6.07) is 13.6. The molecule has 1 aromatic heterocycles. The Balaban J connectivity index is 1.90. The van der Waals surface area contributed by atoms with Gasteiger partial charge in [-0.15, -0.1) is 0 Å². The summed E-state index contributed by atoms with van der Waals surface area (Å²) in [5, 5.41) is 0. The van der Waals surface area contributed by atoms with E-state index in [2.05, 4.69) is 4.98 Å². The lowest BCUT2D eigenvalue weighted by Gasteiger charge is -2.08. The van der Waals surface area contributed by atoms with Gasteiger partial charge in [-0.3, -0.25) is 0 Å². The highest BCUT2D eigenvalue weighted by Crippen LogP contribution is 2.21. The largest absolute Gasteiger partial charge is 0.444 e. The van der Waals surface area contributed by atoms with Crippen molar-refractivity contribution >= 4 is 17.1 Å². The van der Waals surface area contributed by atoms with Gasteiger partial charge in [-0.25, -0.2) is 14.3 Å². The number of benzene rings is 2. The van der Waals surface area contributed by atoms with Crippen molar-refractivity contribution in [3.8, 4) is 0 Å². The van der Waals surface area contributed by atoms with E-state index in [-0.39, 0.29) is 6.61 Å². The highest BCUT2D eigenvalue weighted by Gasteiger charge is 2.16. The SMILES string of the molecule is Cc1cc2nc(C)n(C(=O)OCc3ccccc3)c2cc1C. The van der Waals surface area contributed by atoms with E-state index in [1.54, 1.807) is 0 Å². The molecule has 0 N–H and O–H groups in total. The molecule has 0 amide bonds. The number of fused-ring (bicyclic) bond motifs is 1. The Morgan fingerprint density at radius 3 is 2.50 bits per heavy atom. The minimum absolute atomic E-state index is 0.254. The quantitative estimate of drug-likeness (QED) is 0.713. The van der Waals surface area contributed by atoms with E-state index in [0.29, 0.717) is 5.82 Å². The molecule has 0 unspecified atom stereocenters. The topological polar surface area (TPSA) is 44.1 Å². The summed E-state index contributed by atoms with van der Waals surface area (Å²) < 4.78 is 6.95. The van der Waals surface area contributed by atoms with E-state index in [9.17, 15) is 4.79 Å². The summed E-state index contributed by atoms with van der Waals surface area (Å²) in [5.74, 6) is 0.637. The third-order valence-electron chi connectivity index (χ3n) is 3.83. The first kappa shape index (κ1) is 14.3. The van der Waals surface area contributed by atoms with Crippen LogP contribution in [0, 0.1) is 20.8 Å². The second kappa shape index (κ2) is 5.64. The van der Waals surface area contributed by atoms with Crippen LogP contribution in [0.15, 0.2) is 42.5 Å². The number of imidazole rings is 1. The molecule has 0 aliphatic rings. The Kier molecular flexibility index (Phi) is 3.67. The van der Waals surface area contributed by atoms with Gasteiger partial charge in [0.15, 0.2) is 0 Å². The predicted octanol–water partition coefficient (Wildman–Crippen LogP) is 4.15. The van der Waals surface area contributed by atoms with Crippen LogP contribution >= 0.6 is 0 Å². The molecule has 4 heteroatoms. The lowest BCUT2D eigenvalue weighted by atomic mass is 10.1. The molecule has 0 bridgehead atoms. The van der Waals surface area contributed by atoms with Crippen LogP contribution in [-0.4, -0.2) is 15.6 Å². The summed E-state index contributed by atoms with van der Waals surface area (Å²) in [6.07, 6.45) is -0.396. The van der Waals surface area contributed by atoms with Crippen molar-refractivity contribution in [2.24, 2.45) is 0 Å². The third-order valence-corrected chi connectivity index (χ3v) is 3.83. The van der Waals surface area contributed by atoms with E-state index < -0.39 is 6.09 Å². The van der Waals surface area contributed by atoms with E-state index >= 15 is 0 Å². The Morgan fingerprint density at radius 2 is 1.77 bits per heavy atom. The molecule has 0 aliphatic carbocycles. The molecule has 0 spiro atoms. The second-order valence-corrected chi connectivity index (χ2v) is 5.46. The average Bonchev–Trinajstić information content (AvgIpc) is 2.81. The molecule has 3 rings (SSSR count). The standard InChI is InChI=1S/C18H18N2O2/c1-12-9-16-17(10-13(12)2)20(14(3)19-16)18(21)22-11-15-7-5-4-6-8-15/h4-10H,11H2,1-3H3. The molecule has 4 nitrogen and oxygen atoms in total. The molecule has 2 aromatic carbocycles. The average molecular weight is 294 g/mol. The molecular weight excluding hydrogens is 276 g/mol. The molecule has 22 heavy (non-hydrogen) atoms. The fourth-order valence-electron chi connectivity index (χ4n) is 2.47. The molecule has 0 saturated heterocycles. The maximum Gasteiger partial charge on any atom is 0.420 e. The number of hydrogen-bond acceptors (Lipinski definition) is 3. The minimum Gasteiger partial charge on any atom is -0.444 e. The lowest BCUT2D eigenvalue weighted by molar-refractivity contribution is 0.141. The maximum atomic E-state index is 12.4. The van der Waals surface area contributed by atoms with E-state index in [4.69, 9.17) is 4.74 Å². The fourth-order valence-corrected chi connectivity index (χ4v) is 2.47. The van der Waals surface area contributed by atoms with Gasteiger partial charge in [-0.1, -0.05) is 30.3 Å². The molecule has 112 valence electrons. The van der Waals surface area contributed by atoms with Gasteiger partial charge in [0, 0.05) is 0 Å². The Bertz CT molecular complexity index is 835. The molecular formula is C18H18N2O2. The third kappa shape index (κ3) is 2.60. The summed E-state index contributed by atoms with van der Waals surface area (Å²) >= 11 is 0. The van der Waals surface area contributed by atoms with Crippen LogP contribution in [0.5, 0.6) is 0 Å². The van der Waals surface area contributed by atoms with Crippen LogP contribution in [0.3, 0.4) is 0 Å². The van der Waals surface area contributed by atoms with Crippen molar-refractivity contribution in [1.29, 1.82) is 0 Å². The van der Waals surface area contributed by atoms with Crippen molar-refractivity contribution in [1.82, 2.24) is 9.55 Å². The number of hydrogen-bond donors (Lipinski definition) is 0. The van der Waals surface area contributed by atoms with Gasteiger partial charge in [0.2, 0.25) is 0 Å². The van der Waals surface area contributed by atoms with Gasteiger partial charge in [0.1, 0.15) is 12.4 Å². The molecule has 0 fully saturated rings. The molecule has 0 atom stereocenters. The molecule has 0 aliphatic heterocycles. The summed E-state index contributed by atoms with van der Waals surface area (Å²) in [6.45, 7) is 6.13. The van der Waals surface area contributed by atoms with Crippen molar-refractivity contribution in [3.63, 3.8) is 0 Å². The van der Waals surface area contributed by atoms with Gasteiger partial charge in [-0.2, -0.15) is 0 Å². The van der Waals surface area contributed by atoms with Gasteiger partial charge in [0.25, 0.3) is 0 Å².